The number of allylic oxidation sites excluding steroid dienone is 2. The summed E-state index contributed by atoms with van der Waals surface area (Å²) in [6, 6.07) is 6.47. The van der Waals surface area contributed by atoms with E-state index in [0.717, 1.165) is 23.2 Å². The number of fused-ring (bicyclic) bond motifs is 1. The number of hydrogen-bond donors (Lipinski definition) is 1. The van der Waals surface area contributed by atoms with Gasteiger partial charge in [0.15, 0.2) is 0 Å². The van der Waals surface area contributed by atoms with E-state index in [0.29, 0.717) is 9.23 Å². The second-order valence-electron chi connectivity index (χ2n) is 5.51. The number of thiocarbonyl (C=S) groups is 1. The number of carbonyl (C=O) groups excluding carboxylic acids is 1. The number of amides is 1. The van der Waals surface area contributed by atoms with Gasteiger partial charge in [0.1, 0.15) is 0 Å². The topological polar surface area (TPSA) is 60.9 Å². The molecular weight excluding hydrogens is 423 g/mol. The summed E-state index contributed by atoms with van der Waals surface area (Å²) in [5.74, 6) is -1.41. The van der Waals surface area contributed by atoms with Crippen LogP contribution in [0.15, 0.2) is 39.9 Å². The van der Waals surface area contributed by atoms with Crippen molar-refractivity contribution in [3.63, 3.8) is 0 Å². The molecule has 1 N–H and O–H groups in total. The van der Waals surface area contributed by atoms with Crippen LogP contribution in [0.1, 0.15) is 12.5 Å². The van der Waals surface area contributed by atoms with Crippen LogP contribution in [0.2, 0.25) is 0 Å². The summed E-state index contributed by atoms with van der Waals surface area (Å²) in [6.07, 6.45) is 3.73. The van der Waals surface area contributed by atoms with E-state index in [1.165, 1.54) is 20.3 Å². The van der Waals surface area contributed by atoms with Crippen molar-refractivity contribution in [3.8, 4) is 0 Å². The summed E-state index contributed by atoms with van der Waals surface area (Å²) in [7, 11) is 0. The first-order valence-electron chi connectivity index (χ1n) is 7.64. The van der Waals surface area contributed by atoms with Crippen LogP contribution in [-0.4, -0.2) is 54.2 Å². The number of thioether (sulfide) groups is 1. The first-order chi connectivity index (χ1) is 11.9. The molecule has 0 bridgehead atoms. The Bertz CT molecular complexity index is 835. The summed E-state index contributed by atoms with van der Waals surface area (Å²) >= 11 is 6.45. The van der Waals surface area contributed by atoms with Crippen molar-refractivity contribution in [2.45, 2.75) is 13.8 Å². The summed E-state index contributed by atoms with van der Waals surface area (Å²) in [6.45, 7) is 4.65. The number of carbonyl (C=O) groups is 2. The molecule has 0 aromatic heterocycles. The van der Waals surface area contributed by atoms with Gasteiger partial charge >= 0.3 is 162 Å². The van der Waals surface area contributed by atoms with Crippen LogP contribution in [0.25, 0.3) is 0 Å². The van der Waals surface area contributed by atoms with E-state index in [1.807, 2.05) is 6.08 Å². The molecule has 0 aliphatic carbocycles. The molecule has 1 saturated heterocycles. The minimum atomic E-state index is -1.07. The summed E-state index contributed by atoms with van der Waals surface area (Å²) in [4.78, 5) is 27.0. The Kier molecular flexibility index (Phi) is 5.34. The predicted molar refractivity (Wildman–Crippen MR) is 105 cm³/mol. The molecule has 25 heavy (non-hydrogen) atoms. The minimum absolute atomic E-state index is 0.184. The van der Waals surface area contributed by atoms with E-state index in [1.54, 1.807) is 6.08 Å². The van der Waals surface area contributed by atoms with E-state index in [9.17, 15) is 9.59 Å². The van der Waals surface area contributed by atoms with Gasteiger partial charge in [-0.3, -0.25) is 0 Å². The van der Waals surface area contributed by atoms with Gasteiger partial charge < -0.3 is 0 Å². The van der Waals surface area contributed by atoms with Crippen LogP contribution >= 0.6 is 24.0 Å². The van der Waals surface area contributed by atoms with E-state index in [2.05, 4.69) is 36.9 Å². The summed E-state index contributed by atoms with van der Waals surface area (Å²) in [5, 5.41) is 8.89. The van der Waals surface area contributed by atoms with Gasteiger partial charge in [0, 0.05) is 0 Å². The zero-order valence-corrected chi connectivity index (χ0v) is 17.0. The van der Waals surface area contributed by atoms with Crippen molar-refractivity contribution in [1.82, 2.24) is 4.90 Å². The predicted octanol–water partition coefficient (Wildman–Crippen LogP) is 1.83. The zero-order valence-electron chi connectivity index (χ0n) is 13.7. The maximum atomic E-state index is 12.3. The number of hydrogen-bond acceptors (Lipinski definition) is 5. The molecule has 1 amide bonds. The maximum absolute atomic E-state index is 12.3. The average molecular weight is 439 g/mol. The number of carboxylic acids is 1. The third kappa shape index (κ3) is 3.67. The van der Waals surface area contributed by atoms with Crippen LogP contribution in [0, 0.1) is 6.92 Å². The molecule has 1 aromatic carbocycles. The third-order valence-electron chi connectivity index (χ3n) is 3.75. The van der Waals surface area contributed by atoms with Crippen molar-refractivity contribution >= 4 is 65.3 Å². The van der Waals surface area contributed by atoms with Gasteiger partial charge in [0.05, 0.1) is 0 Å². The van der Waals surface area contributed by atoms with Gasteiger partial charge in [-0.25, -0.2) is 0 Å². The molecule has 0 radical (unpaired) electrons. The van der Waals surface area contributed by atoms with Crippen LogP contribution in [-0.2, 0) is 9.59 Å². The molecule has 0 spiro atoms. The van der Waals surface area contributed by atoms with E-state index in [-0.39, 0.29) is 20.9 Å². The van der Waals surface area contributed by atoms with Gasteiger partial charge in [-0.1, -0.05) is 0 Å². The molecule has 2 aliphatic heterocycles. The van der Waals surface area contributed by atoms with E-state index >= 15 is 0 Å². The summed E-state index contributed by atoms with van der Waals surface area (Å²) < 4.78 is 2.80. The fourth-order valence-electron chi connectivity index (χ4n) is 2.59. The summed E-state index contributed by atoms with van der Waals surface area (Å²) in [5.41, 5.74) is 2.46. The first kappa shape index (κ1) is 18.2. The number of aliphatic carboxylic acids is 1. The second-order valence-corrected chi connectivity index (χ2v) is 9.41. The van der Waals surface area contributed by atoms with Gasteiger partial charge in [-0.05, 0) is 0 Å². The number of benzene rings is 1. The number of carboxylic acid groups (broad SMARTS) is 1. The average Bonchev–Trinajstić information content (AvgIpc) is 3.03. The zero-order chi connectivity index (χ0) is 18.1. The molecule has 0 atom stereocenters. The number of aryl methyl sites for hydroxylation is 1. The van der Waals surface area contributed by atoms with Crippen LogP contribution in [0.3, 0.4) is 0 Å². The van der Waals surface area contributed by atoms with E-state index < -0.39 is 12.5 Å². The molecule has 8 heteroatoms. The van der Waals surface area contributed by atoms with E-state index in [4.69, 9.17) is 17.3 Å². The van der Waals surface area contributed by atoms with Crippen molar-refractivity contribution in [2.24, 2.45) is 0 Å². The third-order valence-corrected chi connectivity index (χ3v) is 7.51. The van der Waals surface area contributed by atoms with Gasteiger partial charge in [0.25, 0.3) is 0 Å². The van der Waals surface area contributed by atoms with Gasteiger partial charge in [-0.2, -0.15) is 0 Å². The molecule has 2 aliphatic rings. The van der Waals surface area contributed by atoms with Crippen molar-refractivity contribution in [2.75, 3.05) is 18.0 Å². The SMILES string of the molecule is CCN1/C(=C/C=C2/SC(=S)N(CC(=O)O)C2=O)[Se]c2ccc(C)cc21. The monoisotopic (exact) mass is 440 g/mol. The number of anilines is 1. The Hall–Kier alpha value is -1.60. The Labute approximate surface area is 161 Å². The molecule has 1 aromatic rings. The Morgan fingerprint density at radius 2 is 2.12 bits per heavy atom. The van der Waals surface area contributed by atoms with Crippen LogP contribution < -0.4 is 9.36 Å². The molecule has 1 fully saturated rings. The van der Waals surface area contributed by atoms with Gasteiger partial charge in [0.2, 0.25) is 0 Å². The Morgan fingerprint density at radius 1 is 1.36 bits per heavy atom. The molecule has 5 nitrogen and oxygen atoms in total. The number of rotatable bonds is 4. The molecule has 0 unspecified atom stereocenters. The fourth-order valence-corrected chi connectivity index (χ4v) is 6.12. The van der Waals surface area contributed by atoms with Crippen molar-refractivity contribution in [1.29, 1.82) is 0 Å². The molecular formula is C17H16N2O3S2Se. The molecule has 130 valence electrons. The van der Waals surface area contributed by atoms with Crippen molar-refractivity contribution < 1.29 is 14.7 Å². The Balaban J connectivity index is 1.85. The standard InChI is InChI=1S/C17H16N2O3S2Se/c1-3-18-11-8-10(2)4-6-13(11)25-14(18)7-5-12-16(22)19(9-15(20)21)17(23)24-12/h4-8H,3,9H2,1-2H3,(H,20,21)/b12-5+,14-7-. The molecule has 0 saturated carbocycles. The molecule has 3 rings (SSSR count). The first-order valence-corrected chi connectivity index (χ1v) is 10.6. The van der Waals surface area contributed by atoms with Crippen molar-refractivity contribution in [3.05, 3.63) is 45.4 Å². The van der Waals surface area contributed by atoms with Crippen LogP contribution in [0.5, 0.6) is 0 Å². The Morgan fingerprint density at radius 3 is 2.80 bits per heavy atom. The quantitative estimate of drug-likeness (QED) is 0.439. The van der Waals surface area contributed by atoms with Crippen LogP contribution in [0.4, 0.5) is 5.69 Å². The normalized spacial score (nSPS) is 20.1. The molecule has 2 heterocycles. The number of nitrogens with zero attached hydrogens (tertiary/aromatic N) is 2. The second kappa shape index (κ2) is 7.33. The van der Waals surface area contributed by atoms with Gasteiger partial charge in [-0.15, -0.1) is 0 Å². The fraction of sp³-hybridized carbons (Fsp3) is 0.235.